The number of benzene rings is 2. The predicted molar refractivity (Wildman–Crippen MR) is 100 cm³/mol. The van der Waals surface area contributed by atoms with Crippen LogP contribution in [-0.2, 0) is 11.0 Å². The number of nitrogens with one attached hydrogen (secondary N) is 1. The molecule has 3 rings (SSSR count). The average molecular weight is 392 g/mol. The molecule has 150 valence electrons. The van der Waals surface area contributed by atoms with Crippen molar-refractivity contribution in [3.8, 4) is 5.75 Å². The van der Waals surface area contributed by atoms with Crippen molar-refractivity contribution in [2.24, 2.45) is 0 Å². The number of nitrogens with zero attached hydrogens (tertiary/aromatic N) is 1. The number of rotatable bonds is 6. The second kappa shape index (κ2) is 8.75. The van der Waals surface area contributed by atoms with Gasteiger partial charge in [-0.1, -0.05) is 30.3 Å². The van der Waals surface area contributed by atoms with Gasteiger partial charge in [0.05, 0.1) is 11.6 Å². The molecule has 1 saturated heterocycles. The lowest BCUT2D eigenvalue weighted by Crippen LogP contribution is -2.49. The molecule has 1 aliphatic rings. The molecule has 0 amide bonds. The van der Waals surface area contributed by atoms with Gasteiger partial charge in [-0.25, -0.2) is 0 Å². The Morgan fingerprint density at radius 1 is 1.04 bits per heavy atom. The van der Waals surface area contributed by atoms with Crippen LogP contribution in [0.4, 0.5) is 13.2 Å². The third kappa shape index (κ3) is 4.91. The van der Waals surface area contributed by atoms with Crippen molar-refractivity contribution in [1.82, 2.24) is 10.2 Å². The van der Waals surface area contributed by atoms with Crippen LogP contribution in [0.1, 0.15) is 24.1 Å². The van der Waals surface area contributed by atoms with E-state index in [1.165, 1.54) is 12.1 Å². The van der Waals surface area contributed by atoms with Crippen LogP contribution in [-0.4, -0.2) is 43.0 Å². The Labute approximate surface area is 162 Å². The monoisotopic (exact) mass is 392 g/mol. The van der Waals surface area contributed by atoms with Crippen molar-refractivity contribution in [3.05, 3.63) is 65.7 Å². The molecule has 0 aromatic heterocycles. The molecular weight excluding hydrogens is 369 g/mol. The molecule has 0 radical (unpaired) electrons. The smallest absolute Gasteiger partial charge is 0.416 e. The van der Waals surface area contributed by atoms with Gasteiger partial charge in [0.15, 0.2) is 11.9 Å². The first-order valence-corrected chi connectivity index (χ1v) is 9.23. The third-order valence-corrected chi connectivity index (χ3v) is 4.80. The third-order valence-electron chi connectivity index (χ3n) is 4.80. The summed E-state index contributed by atoms with van der Waals surface area (Å²) in [6.07, 6.45) is -5.20. The molecule has 0 saturated carbocycles. The Bertz CT molecular complexity index is 772. The Morgan fingerprint density at radius 3 is 2.21 bits per heavy atom. The molecule has 1 heterocycles. The Hall–Kier alpha value is -2.38. The molecular formula is C21H23F3N2O2. The zero-order valence-corrected chi connectivity index (χ0v) is 15.6. The minimum absolute atomic E-state index is 0.118. The van der Waals surface area contributed by atoms with Gasteiger partial charge in [-0.15, -0.1) is 0 Å². The summed E-state index contributed by atoms with van der Waals surface area (Å²) >= 11 is 0. The maximum atomic E-state index is 13.2. The van der Waals surface area contributed by atoms with Crippen molar-refractivity contribution >= 4 is 5.78 Å². The van der Waals surface area contributed by atoms with Gasteiger partial charge in [0.25, 0.3) is 0 Å². The fraction of sp³-hybridized carbons (Fsp3) is 0.381. The summed E-state index contributed by atoms with van der Waals surface area (Å²) in [7, 11) is 0. The van der Waals surface area contributed by atoms with E-state index in [4.69, 9.17) is 4.74 Å². The average Bonchev–Trinajstić information content (AvgIpc) is 2.69. The van der Waals surface area contributed by atoms with Crippen molar-refractivity contribution in [1.29, 1.82) is 0 Å². The van der Waals surface area contributed by atoms with Crippen molar-refractivity contribution in [3.63, 3.8) is 0 Å². The second-order valence-corrected chi connectivity index (χ2v) is 6.78. The van der Waals surface area contributed by atoms with Gasteiger partial charge in [0, 0.05) is 26.2 Å². The minimum Gasteiger partial charge on any atom is -0.483 e. The SMILES string of the molecule is CC(Oc1ccc(C(F)(F)F)cc1)C(=O)C(c1ccccc1)N1CCNCC1. The maximum absolute atomic E-state index is 13.2. The van der Waals surface area contributed by atoms with E-state index in [9.17, 15) is 18.0 Å². The number of halogens is 3. The van der Waals surface area contributed by atoms with E-state index in [-0.39, 0.29) is 11.5 Å². The summed E-state index contributed by atoms with van der Waals surface area (Å²) in [6.45, 7) is 4.70. The maximum Gasteiger partial charge on any atom is 0.416 e. The summed E-state index contributed by atoms with van der Waals surface area (Å²) < 4.78 is 43.8. The van der Waals surface area contributed by atoms with Gasteiger partial charge < -0.3 is 10.1 Å². The molecule has 28 heavy (non-hydrogen) atoms. The van der Waals surface area contributed by atoms with E-state index in [0.717, 1.165) is 43.9 Å². The van der Waals surface area contributed by atoms with Crippen LogP contribution in [0.3, 0.4) is 0 Å². The number of ether oxygens (including phenoxy) is 1. The Morgan fingerprint density at radius 2 is 1.64 bits per heavy atom. The molecule has 1 N–H and O–H groups in total. The quantitative estimate of drug-likeness (QED) is 0.814. The van der Waals surface area contributed by atoms with Gasteiger partial charge in [-0.3, -0.25) is 9.69 Å². The molecule has 2 atom stereocenters. The highest BCUT2D eigenvalue weighted by atomic mass is 19.4. The number of hydrogen-bond acceptors (Lipinski definition) is 4. The Kier molecular flexibility index (Phi) is 6.36. The lowest BCUT2D eigenvalue weighted by atomic mass is 9.97. The van der Waals surface area contributed by atoms with E-state index < -0.39 is 23.9 Å². The number of piperazine rings is 1. The van der Waals surface area contributed by atoms with Crippen LogP contribution < -0.4 is 10.1 Å². The molecule has 1 aliphatic heterocycles. The summed E-state index contributed by atoms with van der Waals surface area (Å²) in [4.78, 5) is 15.3. The highest BCUT2D eigenvalue weighted by Gasteiger charge is 2.33. The van der Waals surface area contributed by atoms with Gasteiger partial charge in [-0.2, -0.15) is 13.2 Å². The van der Waals surface area contributed by atoms with Crippen LogP contribution in [0, 0.1) is 0 Å². The Balaban J connectivity index is 1.76. The first-order chi connectivity index (χ1) is 13.4. The fourth-order valence-electron chi connectivity index (χ4n) is 3.34. The van der Waals surface area contributed by atoms with Gasteiger partial charge in [0.2, 0.25) is 0 Å². The van der Waals surface area contributed by atoms with E-state index in [0.29, 0.717) is 0 Å². The second-order valence-electron chi connectivity index (χ2n) is 6.78. The van der Waals surface area contributed by atoms with Crippen molar-refractivity contribution in [2.75, 3.05) is 26.2 Å². The number of Topliss-reactive ketones (excluding diaryl/α,β-unsaturated/α-hetero) is 1. The van der Waals surface area contributed by atoms with E-state index >= 15 is 0 Å². The van der Waals surface area contributed by atoms with E-state index in [2.05, 4.69) is 10.2 Å². The molecule has 4 nitrogen and oxygen atoms in total. The normalized spacial score (nSPS) is 17.7. The predicted octanol–water partition coefficient (Wildman–Crippen LogP) is 3.69. The van der Waals surface area contributed by atoms with Gasteiger partial charge in [0.1, 0.15) is 5.75 Å². The number of hydrogen-bond donors (Lipinski definition) is 1. The number of carbonyl (C=O) groups excluding carboxylic acids is 1. The van der Waals surface area contributed by atoms with Crippen LogP contribution in [0.25, 0.3) is 0 Å². The summed E-state index contributed by atoms with van der Waals surface area (Å²) in [5, 5.41) is 3.27. The van der Waals surface area contributed by atoms with Crippen LogP contribution in [0.15, 0.2) is 54.6 Å². The number of alkyl halides is 3. The molecule has 2 unspecified atom stereocenters. The largest absolute Gasteiger partial charge is 0.483 e. The topological polar surface area (TPSA) is 41.6 Å². The molecule has 1 fully saturated rings. The lowest BCUT2D eigenvalue weighted by Gasteiger charge is -2.35. The lowest BCUT2D eigenvalue weighted by molar-refractivity contribution is -0.137. The summed E-state index contributed by atoms with van der Waals surface area (Å²) in [6, 6.07) is 13.4. The number of carbonyl (C=O) groups is 1. The molecule has 7 heteroatoms. The van der Waals surface area contributed by atoms with Crippen LogP contribution >= 0.6 is 0 Å². The zero-order valence-electron chi connectivity index (χ0n) is 15.6. The zero-order chi connectivity index (χ0) is 20.1. The molecule has 2 aromatic rings. The molecule has 0 aliphatic carbocycles. The first kappa shape index (κ1) is 20.4. The highest BCUT2D eigenvalue weighted by molar-refractivity contribution is 5.89. The van der Waals surface area contributed by atoms with Crippen LogP contribution in [0.5, 0.6) is 5.75 Å². The van der Waals surface area contributed by atoms with E-state index in [1.54, 1.807) is 6.92 Å². The molecule has 0 spiro atoms. The van der Waals surface area contributed by atoms with Gasteiger partial charge >= 0.3 is 6.18 Å². The fourth-order valence-corrected chi connectivity index (χ4v) is 3.34. The standard InChI is InChI=1S/C21H23F3N2O2/c1-15(28-18-9-7-17(8-10-18)21(22,23)24)20(27)19(16-5-3-2-4-6-16)26-13-11-25-12-14-26/h2-10,15,19,25H,11-14H2,1H3. The molecule has 0 bridgehead atoms. The van der Waals surface area contributed by atoms with Crippen molar-refractivity contribution in [2.45, 2.75) is 25.2 Å². The minimum atomic E-state index is -4.40. The number of ketones is 1. The summed E-state index contributed by atoms with van der Waals surface area (Å²) in [5.74, 6) is 0.119. The van der Waals surface area contributed by atoms with Gasteiger partial charge in [-0.05, 0) is 36.8 Å². The highest BCUT2D eigenvalue weighted by Crippen LogP contribution is 2.31. The summed E-state index contributed by atoms with van der Waals surface area (Å²) in [5.41, 5.74) is 0.138. The molecule has 2 aromatic carbocycles. The van der Waals surface area contributed by atoms with Crippen molar-refractivity contribution < 1.29 is 22.7 Å². The first-order valence-electron chi connectivity index (χ1n) is 9.23. The van der Waals surface area contributed by atoms with E-state index in [1.807, 2.05) is 30.3 Å². The van der Waals surface area contributed by atoms with Crippen LogP contribution in [0.2, 0.25) is 0 Å².